The topological polar surface area (TPSA) is 70.9 Å². The molecule has 0 saturated carbocycles. The number of hydrogen-bond acceptors (Lipinski definition) is 3. The number of aromatic nitrogens is 1. The van der Waals surface area contributed by atoms with Crippen LogP contribution >= 0.6 is 11.8 Å². The van der Waals surface area contributed by atoms with E-state index in [1.807, 2.05) is 43.6 Å². The van der Waals surface area contributed by atoms with E-state index >= 15 is 0 Å². The number of amides is 1. The van der Waals surface area contributed by atoms with Crippen molar-refractivity contribution in [1.82, 2.24) is 10.3 Å². The fourth-order valence-electron chi connectivity index (χ4n) is 2.27. The van der Waals surface area contributed by atoms with Crippen LogP contribution in [0.3, 0.4) is 0 Å². The summed E-state index contributed by atoms with van der Waals surface area (Å²) in [4.78, 5) is 15.2. The fourth-order valence-corrected chi connectivity index (χ4v) is 2.86. The molecule has 0 aliphatic rings. The molecule has 4 N–H and O–H groups in total. The zero-order chi connectivity index (χ0) is 14.5. The summed E-state index contributed by atoms with van der Waals surface area (Å²) >= 11 is 1.71. The number of H-pyrrole nitrogens is 1. The normalized spacial score (nSPS) is 14.2. The number of nitrogens with one attached hydrogen (secondary N) is 2. The molecule has 0 bridgehead atoms. The third kappa shape index (κ3) is 3.55. The number of benzene rings is 1. The van der Waals surface area contributed by atoms with Gasteiger partial charge in [0.1, 0.15) is 0 Å². The number of thioether (sulfide) groups is 1. The van der Waals surface area contributed by atoms with Gasteiger partial charge in [0.2, 0.25) is 5.91 Å². The number of carbonyl (C=O) groups is 1. The molecule has 2 aromatic rings. The first-order valence-corrected chi connectivity index (χ1v) is 8.11. The van der Waals surface area contributed by atoms with Gasteiger partial charge in [0.25, 0.3) is 0 Å². The lowest BCUT2D eigenvalue weighted by atomic mass is 10.0. The molecule has 0 saturated heterocycles. The van der Waals surface area contributed by atoms with Gasteiger partial charge >= 0.3 is 0 Å². The van der Waals surface area contributed by atoms with Crippen LogP contribution in [-0.2, 0) is 11.2 Å². The monoisotopic (exact) mass is 291 g/mol. The summed E-state index contributed by atoms with van der Waals surface area (Å²) in [5.74, 6) is 0.808. The number of fused-ring (bicyclic) bond motifs is 1. The summed E-state index contributed by atoms with van der Waals surface area (Å²) in [7, 11) is 0. The van der Waals surface area contributed by atoms with Gasteiger partial charge in [0.15, 0.2) is 0 Å². The predicted molar refractivity (Wildman–Crippen MR) is 86.0 cm³/mol. The molecular formula is C15H21N3OS. The molecule has 1 aromatic carbocycles. The predicted octanol–water partition coefficient (Wildman–Crippen LogP) is 1.91. The Hall–Kier alpha value is -1.46. The zero-order valence-corrected chi connectivity index (χ0v) is 12.7. The lowest BCUT2D eigenvalue weighted by molar-refractivity contribution is -0.122. The lowest BCUT2D eigenvalue weighted by Gasteiger charge is -2.16. The highest BCUT2D eigenvalue weighted by molar-refractivity contribution is 7.98. The van der Waals surface area contributed by atoms with Gasteiger partial charge in [0.05, 0.1) is 6.04 Å². The summed E-state index contributed by atoms with van der Waals surface area (Å²) in [6.07, 6.45) is 4.50. The molecule has 5 heteroatoms. The van der Waals surface area contributed by atoms with Crippen molar-refractivity contribution < 1.29 is 4.79 Å². The first-order valence-electron chi connectivity index (χ1n) is 6.71. The quantitative estimate of drug-likeness (QED) is 0.761. The van der Waals surface area contributed by atoms with Gasteiger partial charge in [-0.15, -0.1) is 0 Å². The number of rotatable bonds is 6. The maximum atomic E-state index is 12.0. The number of carbonyl (C=O) groups excluding carboxylic acids is 1. The number of para-hydroxylation sites is 1. The van der Waals surface area contributed by atoms with E-state index in [2.05, 4.69) is 10.3 Å². The highest BCUT2D eigenvalue weighted by Gasteiger charge is 2.17. The average molecular weight is 291 g/mol. The van der Waals surface area contributed by atoms with E-state index in [-0.39, 0.29) is 11.9 Å². The molecule has 20 heavy (non-hydrogen) atoms. The molecule has 1 heterocycles. The number of hydrogen-bond donors (Lipinski definition) is 3. The highest BCUT2D eigenvalue weighted by Crippen LogP contribution is 2.18. The number of aromatic amines is 1. The van der Waals surface area contributed by atoms with Gasteiger partial charge in [-0.2, -0.15) is 11.8 Å². The Kier molecular flexibility index (Phi) is 5.09. The van der Waals surface area contributed by atoms with Crippen molar-refractivity contribution in [2.45, 2.75) is 25.4 Å². The second-order valence-electron chi connectivity index (χ2n) is 5.04. The lowest BCUT2D eigenvalue weighted by Crippen LogP contribution is -2.46. The Morgan fingerprint density at radius 2 is 2.20 bits per heavy atom. The fraction of sp³-hybridized carbons (Fsp3) is 0.400. The van der Waals surface area contributed by atoms with Crippen LogP contribution < -0.4 is 11.1 Å². The molecule has 0 aliphatic carbocycles. The van der Waals surface area contributed by atoms with Crippen molar-refractivity contribution in [2.24, 2.45) is 5.73 Å². The van der Waals surface area contributed by atoms with E-state index < -0.39 is 6.04 Å². The maximum Gasteiger partial charge on any atom is 0.237 e. The molecule has 0 fully saturated rings. The van der Waals surface area contributed by atoms with E-state index in [0.717, 1.165) is 22.2 Å². The highest BCUT2D eigenvalue weighted by atomic mass is 32.2. The zero-order valence-electron chi connectivity index (χ0n) is 11.8. The third-order valence-electron chi connectivity index (χ3n) is 3.26. The van der Waals surface area contributed by atoms with E-state index in [9.17, 15) is 4.79 Å². The summed E-state index contributed by atoms with van der Waals surface area (Å²) in [6, 6.07) is 7.67. The SMILES string of the molecule is CSCC(C)NC(=O)[C@@H](N)Cc1c[nH]c2ccccc12. The van der Waals surface area contributed by atoms with Crippen LogP contribution in [0.25, 0.3) is 10.9 Å². The van der Waals surface area contributed by atoms with Crippen molar-refractivity contribution >= 4 is 28.6 Å². The maximum absolute atomic E-state index is 12.0. The minimum atomic E-state index is -0.515. The van der Waals surface area contributed by atoms with E-state index in [1.54, 1.807) is 11.8 Å². The third-order valence-corrected chi connectivity index (χ3v) is 4.09. The van der Waals surface area contributed by atoms with Crippen molar-refractivity contribution in [2.75, 3.05) is 12.0 Å². The van der Waals surface area contributed by atoms with Crippen LogP contribution in [-0.4, -0.2) is 35.0 Å². The number of nitrogens with two attached hydrogens (primary N) is 1. The van der Waals surface area contributed by atoms with E-state index in [1.165, 1.54) is 0 Å². The Morgan fingerprint density at radius 3 is 2.95 bits per heavy atom. The van der Waals surface area contributed by atoms with Crippen LogP contribution in [0.4, 0.5) is 0 Å². The van der Waals surface area contributed by atoms with Crippen LogP contribution in [0.5, 0.6) is 0 Å². The van der Waals surface area contributed by atoms with E-state index in [4.69, 9.17) is 5.73 Å². The minimum Gasteiger partial charge on any atom is -0.361 e. The second kappa shape index (κ2) is 6.81. The summed E-state index contributed by atoms with van der Waals surface area (Å²) in [6.45, 7) is 1.99. The molecule has 108 valence electrons. The Morgan fingerprint density at radius 1 is 1.45 bits per heavy atom. The summed E-state index contributed by atoms with van der Waals surface area (Å²) < 4.78 is 0. The standard InChI is InChI=1S/C15H21N3OS/c1-10(9-20-2)18-15(19)13(16)7-11-8-17-14-6-4-3-5-12(11)14/h3-6,8,10,13,17H,7,9,16H2,1-2H3,(H,18,19)/t10?,13-/m0/s1. The minimum absolute atomic E-state index is 0.0863. The van der Waals surface area contributed by atoms with Gasteiger partial charge in [-0.1, -0.05) is 18.2 Å². The van der Waals surface area contributed by atoms with Gasteiger partial charge < -0.3 is 16.0 Å². The smallest absolute Gasteiger partial charge is 0.237 e. The van der Waals surface area contributed by atoms with Crippen LogP contribution in [0.1, 0.15) is 12.5 Å². The summed E-state index contributed by atoms with van der Waals surface area (Å²) in [5, 5.41) is 4.08. The van der Waals surface area contributed by atoms with Crippen molar-refractivity contribution in [3.05, 3.63) is 36.0 Å². The van der Waals surface area contributed by atoms with Crippen molar-refractivity contribution in [3.63, 3.8) is 0 Å². The molecule has 2 rings (SSSR count). The van der Waals surface area contributed by atoms with Crippen molar-refractivity contribution in [1.29, 1.82) is 0 Å². The average Bonchev–Trinajstić information content (AvgIpc) is 2.82. The largest absolute Gasteiger partial charge is 0.361 e. The Labute approximate surface area is 123 Å². The molecule has 1 aromatic heterocycles. The van der Waals surface area contributed by atoms with E-state index in [0.29, 0.717) is 6.42 Å². The molecule has 2 atom stereocenters. The summed E-state index contributed by atoms with van der Waals surface area (Å²) in [5.41, 5.74) is 8.17. The second-order valence-corrected chi connectivity index (χ2v) is 5.95. The van der Waals surface area contributed by atoms with Crippen LogP contribution in [0.2, 0.25) is 0 Å². The van der Waals surface area contributed by atoms with Gasteiger partial charge in [0, 0.05) is 28.9 Å². The van der Waals surface area contributed by atoms with Gasteiger partial charge in [-0.25, -0.2) is 0 Å². The van der Waals surface area contributed by atoms with Gasteiger partial charge in [-0.3, -0.25) is 4.79 Å². The molecule has 0 aliphatic heterocycles. The molecule has 0 radical (unpaired) electrons. The first kappa shape index (κ1) is 14.9. The van der Waals surface area contributed by atoms with Gasteiger partial charge in [-0.05, 0) is 31.2 Å². The molecule has 0 spiro atoms. The van der Waals surface area contributed by atoms with Crippen LogP contribution in [0, 0.1) is 0 Å². The van der Waals surface area contributed by atoms with Crippen LogP contribution in [0.15, 0.2) is 30.5 Å². The molecule has 1 amide bonds. The van der Waals surface area contributed by atoms with Crippen molar-refractivity contribution in [3.8, 4) is 0 Å². The Balaban J connectivity index is 2.00. The molecule has 4 nitrogen and oxygen atoms in total. The Bertz CT molecular complexity index is 581. The molecule has 1 unspecified atom stereocenters. The first-order chi connectivity index (χ1) is 9.61. The molecular weight excluding hydrogens is 270 g/mol.